The summed E-state index contributed by atoms with van der Waals surface area (Å²) in [6.45, 7) is 1.73. The molecule has 1 fully saturated rings. The van der Waals surface area contributed by atoms with Crippen LogP contribution in [-0.2, 0) is 15.7 Å². The van der Waals surface area contributed by atoms with Gasteiger partial charge in [0.15, 0.2) is 11.3 Å². The summed E-state index contributed by atoms with van der Waals surface area (Å²) in [5.41, 5.74) is -1.02. The van der Waals surface area contributed by atoms with Gasteiger partial charge in [-0.1, -0.05) is 0 Å². The minimum atomic E-state index is -4.65. The Morgan fingerprint density at radius 1 is 1.41 bits per heavy atom. The summed E-state index contributed by atoms with van der Waals surface area (Å²) in [5.74, 6) is -1.53. The van der Waals surface area contributed by atoms with Crippen LogP contribution >= 0.6 is 12.6 Å². The summed E-state index contributed by atoms with van der Waals surface area (Å²) in [6.07, 6.45) is -3.08. The molecule has 146 valence electrons. The third-order valence-electron chi connectivity index (χ3n) is 4.02. The van der Waals surface area contributed by atoms with E-state index in [1.165, 1.54) is 0 Å². The van der Waals surface area contributed by atoms with Gasteiger partial charge >= 0.3 is 12.1 Å². The second-order valence-electron chi connectivity index (χ2n) is 6.10. The predicted octanol–water partition coefficient (Wildman–Crippen LogP) is 2.22. The molecule has 0 aliphatic heterocycles. The van der Waals surface area contributed by atoms with Gasteiger partial charge in [-0.3, -0.25) is 4.79 Å². The van der Waals surface area contributed by atoms with Crippen molar-refractivity contribution in [3.63, 3.8) is 0 Å². The summed E-state index contributed by atoms with van der Waals surface area (Å²) in [7, 11) is 0. The van der Waals surface area contributed by atoms with Crippen LogP contribution in [0.2, 0.25) is 0 Å². The number of carbonyl (C=O) groups is 2. The van der Waals surface area contributed by atoms with Crippen LogP contribution in [0.1, 0.15) is 47.6 Å². The smallest absolute Gasteiger partial charge is 0.433 e. The summed E-state index contributed by atoms with van der Waals surface area (Å²) in [6, 6.07) is 1.09. The zero-order chi connectivity index (χ0) is 19.8. The molecule has 2 heterocycles. The first-order chi connectivity index (χ1) is 12.7. The van der Waals surface area contributed by atoms with E-state index in [-0.39, 0.29) is 29.6 Å². The molecule has 1 amide bonds. The van der Waals surface area contributed by atoms with E-state index in [4.69, 9.17) is 4.74 Å². The van der Waals surface area contributed by atoms with Crippen molar-refractivity contribution in [3.05, 3.63) is 29.2 Å². The predicted molar refractivity (Wildman–Crippen MR) is 91.7 cm³/mol. The average Bonchev–Trinajstić information content (AvgIpc) is 3.36. The lowest BCUT2D eigenvalue weighted by molar-refractivity contribution is -0.145. The second-order valence-corrected chi connectivity index (χ2v) is 6.46. The van der Waals surface area contributed by atoms with Crippen LogP contribution in [0.4, 0.5) is 13.2 Å². The number of esters is 1. The van der Waals surface area contributed by atoms with Gasteiger partial charge in [0.25, 0.3) is 5.91 Å². The molecule has 7 nitrogen and oxygen atoms in total. The highest BCUT2D eigenvalue weighted by molar-refractivity contribution is 7.80. The monoisotopic (exact) mass is 402 g/mol. The Morgan fingerprint density at radius 2 is 2.11 bits per heavy atom. The fourth-order valence-electron chi connectivity index (χ4n) is 2.55. The fraction of sp³-hybridized carbons (Fsp3) is 0.500. The third kappa shape index (κ3) is 4.18. The largest absolute Gasteiger partial charge is 0.464 e. The summed E-state index contributed by atoms with van der Waals surface area (Å²) in [5, 5.41) is 6.10. The van der Waals surface area contributed by atoms with Crippen LogP contribution < -0.4 is 5.32 Å². The number of amides is 1. The summed E-state index contributed by atoms with van der Waals surface area (Å²) in [4.78, 5) is 28.3. The minimum Gasteiger partial charge on any atom is -0.464 e. The number of nitrogens with zero attached hydrogens (tertiary/aromatic N) is 3. The second kappa shape index (κ2) is 7.37. The number of thiol groups is 1. The number of carbonyl (C=O) groups excluding carboxylic acids is 2. The third-order valence-corrected chi connectivity index (χ3v) is 4.39. The van der Waals surface area contributed by atoms with Crippen LogP contribution in [0, 0.1) is 0 Å². The topological polar surface area (TPSA) is 85.6 Å². The molecule has 1 saturated carbocycles. The zero-order valence-electron chi connectivity index (χ0n) is 14.3. The lowest BCUT2D eigenvalue weighted by atomic mass is 10.2. The Hall–Kier alpha value is -2.30. The Bertz CT molecular complexity index is 880. The van der Waals surface area contributed by atoms with Gasteiger partial charge in [0.2, 0.25) is 0 Å². The highest BCUT2D eigenvalue weighted by Gasteiger charge is 2.37. The highest BCUT2D eigenvalue weighted by Crippen LogP contribution is 2.41. The van der Waals surface area contributed by atoms with Crippen LogP contribution in [0.25, 0.3) is 5.65 Å². The van der Waals surface area contributed by atoms with Gasteiger partial charge in [0.05, 0.1) is 6.61 Å². The first kappa shape index (κ1) is 19.5. The first-order valence-electron chi connectivity index (χ1n) is 8.30. The van der Waals surface area contributed by atoms with Crippen molar-refractivity contribution < 1.29 is 27.5 Å². The van der Waals surface area contributed by atoms with Crippen molar-refractivity contribution in [3.8, 4) is 0 Å². The molecule has 0 unspecified atom stereocenters. The maximum atomic E-state index is 13.4. The van der Waals surface area contributed by atoms with E-state index in [2.05, 4.69) is 28.0 Å². The molecule has 1 aliphatic rings. The number of alkyl halides is 3. The minimum absolute atomic E-state index is 0.000605. The number of hydrogen-bond acceptors (Lipinski definition) is 6. The molecule has 0 bridgehead atoms. The molecule has 27 heavy (non-hydrogen) atoms. The lowest BCUT2D eigenvalue weighted by Gasteiger charge is -2.14. The van der Waals surface area contributed by atoms with Gasteiger partial charge < -0.3 is 10.1 Å². The number of fused-ring (bicyclic) bond motifs is 1. The summed E-state index contributed by atoms with van der Waals surface area (Å²) >= 11 is 3.98. The van der Waals surface area contributed by atoms with Crippen LogP contribution in [0.5, 0.6) is 0 Å². The van der Waals surface area contributed by atoms with Gasteiger partial charge in [0.1, 0.15) is 11.7 Å². The molecular weight excluding hydrogens is 385 g/mol. The number of ether oxygens (including phenoxy) is 1. The Labute approximate surface area is 157 Å². The molecule has 1 N–H and O–H groups in total. The molecule has 11 heteroatoms. The number of hydrogen-bond donors (Lipinski definition) is 2. The first-order valence-corrected chi connectivity index (χ1v) is 8.94. The van der Waals surface area contributed by atoms with Crippen molar-refractivity contribution in [1.29, 1.82) is 0 Å². The molecule has 0 radical (unpaired) electrons. The fourth-order valence-corrected chi connectivity index (χ4v) is 2.79. The molecule has 1 aliphatic carbocycles. The standard InChI is InChI=1S/C16H17F3N4O3S/c1-2-26-15(25)11(7-27)21-14(24)10-6-13-20-9(8-3-4-8)5-12(16(17,18)19)23(13)22-10/h5-6,8,11,27H,2-4,7H2,1H3,(H,21,24)/t11-/m0/s1. The Morgan fingerprint density at radius 3 is 2.67 bits per heavy atom. The lowest BCUT2D eigenvalue weighted by Crippen LogP contribution is -2.43. The number of halogens is 3. The molecule has 0 spiro atoms. The van der Waals surface area contributed by atoms with E-state index >= 15 is 0 Å². The normalized spacial score (nSPS) is 15.6. The van der Waals surface area contributed by atoms with E-state index < -0.39 is 29.8 Å². The average molecular weight is 402 g/mol. The van der Waals surface area contributed by atoms with Crippen LogP contribution in [0.15, 0.2) is 12.1 Å². The molecule has 1 atom stereocenters. The van der Waals surface area contributed by atoms with E-state index in [9.17, 15) is 22.8 Å². The molecule has 0 saturated heterocycles. The zero-order valence-corrected chi connectivity index (χ0v) is 15.2. The quantitative estimate of drug-likeness (QED) is 0.572. The van der Waals surface area contributed by atoms with Crippen molar-refractivity contribution in [2.75, 3.05) is 12.4 Å². The molecule has 2 aromatic rings. The number of nitrogens with one attached hydrogen (secondary N) is 1. The number of rotatable bonds is 6. The van der Waals surface area contributed by atoms with Crippen LogP contribution in [-0.4, -0.2) is 44.9 Å². The van der Waals surface area contributed by atoms with Gasteiger partial charge in [-0.15, -0.1) is 0 Å². The van der Waals surface area contributed by atoms with E-state index in [1.54, 1.807) is 6.92 Å². The van der Waals surface area contributed by atoms with Crippen molar-refractivity contribution in [2.45, 2.75) is 37.9 Å². The van der Waals surface area contributed by atoms with E-state index in [0.717, 1.165) is 25.0 Å². The molecule has 3 rings (SSSR count). The highest BCUT2D eigenvalue weighted by atomic mass is 32.1. The van der Waals surface area contributed by atoms with Crippen molar-refractivity contribution >= 4 is 30.2 Å². The molecule has 0 aromatic carbocycles. The van der Waals surface area contributed by atoms with Gasteiger partial charge in [-0.25, -0.2) is 14.3 Å². The maximum absolute atomic E-state index is 13.4. The van der Waals surface area contributed by atoms with Crippen molar-refractivity contribution in [1.82, 2.24) is 19.9 Å². The van der Waals surface area contributed by atoms with Crippen LogP contribution in [0.3, 0.4) is 0 Å². The molecular formula is C16H17F3N4O3S. The van der Waals surface area contributed by atoms with Crippen molar-refractivity contribution in [2.24, 2.45) is 0 Å². The molecule has 2 aromatic heterocycles. The van der Waals surface area contributed by atoms with Gasteiger partial charge in [-0.2, -0.15) is 30.9 Å². The van der Waals surface area contributed by atoms with E-state index in [1.807, 2.05) is 0 Å². The number of aromatic nitrogens is 3. The van der Waals surface area contributed by atoms with E-state index in [0.29, 0.717) is 10.2 Å². The van der Waals surface area contributed by atoms with Gasteiger partial charge in [-0.05, 0) is 25.8 Å². The summed E-state index contributed by atoms with van der Waals surface area (Å²) < 4.78 is 45.6. The Balaban J connectivity index is 1.93. The van der Waals surface area contributed by atoms with Gasteiger partial charge in [0, 0.05) is 23.4 Å². The SMILES string of the molecule is CCOC(=O)[C@H](CS)NC(=O)c1cc2nc(C3CC3)cc(C(F)(F)F)n2n1. The maximum Gasteiger partial charge on any atom is 0.433 e. The Kier molecular flexibility index (Phi) is 5.31.